The Labute approximate surface area is 191 Å². The minimum absolute atomic E-state index is 0.107. The van der Waals surface area contributed by atoms with Crippen LogP contribution in [-0.2, 0) is 11.8 Å². The normalized spacial score (nSPS) is 21.3. The van der Waals surface area contributed by atoms with Crippen LogP contribution in [0.2, 0.25) is 0 Å². The first kappa shape index (κ1) is 20.2. The van der Waals surface area contributed by atoms with Crippen molar-refractivity contribution in [2.75, 3.05) is 36.8 Å². The molecule has 1 atom stereocenters. The summed E-state index contributed by atoms with van der Waals surface area (Å²) in [5, 5.41) is 13.4. The van der Waals surface area contributed by atoms with Gasteiger partial charge < -0.3 is 26.3 Å². The smallest absolute Gasteiger partial charge is 0.255 e. The maximum atomic E-state index is 14.4. The van der Waals surface area contributed by atoms with Crippen molar-refractivity contribution in [3.8, 4) is 11.3 Å². The molecule has 33 heavy (non-hydrogen) atoms. The van der Waals surface area contributed by atoms with E-state index in [0.717, 1.165) is 67.2 Å². The van der Waals surface area contributed by atoms with Crippen molar-refractivity contribution in [3.05, 3.63) is 58.7 Å². The summed E-state index contributed by atoms with van der Waals surface area (Å²) >= 11 is 0. The summed E-state index contributed by atoms with van der Waals surface area (Å²) in [7, 11) is 0. The van der Waals surface area contributed by atoms with Crippen molar-refractivity contribution < 1.29 is 9.18 Å². The van der Waals surface area contributed by atoms with E-state index in [4.69, 9.17) is 0 Å². The SMILES string of the molecule is Cc1c(F)cccc1Nc1c(-c2ccnc3c2CCN3)[nH]c2c1C(=O)NC[C@@]21CCCNC1. The number of aromatic amines is 1. The van der Waals surface area contributed by atoms with E-state index in [9.17, 15) is 9.18 Å². The molecule has 0 saturated carbocycles. The third-order valence-corrected chi connectivity index (χ3v) is 7.34. The quantitative estimate of drug-likeness (QED) is 0.424. The number of anilines is 3. The fourth-order valence-corrected chi connectivity index (χ4v) is 5.53. The molecular weight excluding hydrogens is 419 g/mol. The van der Waals surface area contributed by atoms with Gasteiger partial charge in [0.1, 0.15) is 11.6 Å². The number of benzene rings is 1. The van der Waals surface area contributed by atoms with E-state index in [-0.39, 0.29) is 17.1 Å². The fourth-order valence-electron chi connectivity index (χ4n) is 5.53. The molecular formula is C25H27FN6O. The third-order valence-electron chi connectivity index (χ3n) is 7.34. The summed E-state index contributed by atoms with van der Waals surface area (Å²) in [5.41, 5.74) is 6.26. The van der Waals surface area contributed by atoms with Gasteiger partial charge in [-0.1, -0.05) is 6.07 Å². The summed E-state index contributed by atoms with van der Waals surface area (Å²) in [6, 6.07) is 6.98. The summed E-state index contributed by atoms with van der Waals surface area (Å²) in [5.74, 6) is 0.493. The highest BCUT2D eigenvalue weighted by Gasteiger charge is 2.44. The van der Waals surface area contributed by atoms with Gasteiger partial charge in [-0.3, -0.25) is 4.79 Å². The zero-order valence-corrected chi connectivity index (χ0v) is 18.6. The van der Waals surface area contributed by atoms with Crippen LogP contribution in [0, 0.1) is 12.7 Å². The molecule has 170 valence electrons. The second-order valence-corrected chi connectivity index (χ2v) is 9.27. The van der Waals surface area contributed by atoms with Gasteiger partial charge in [-0.15, -0.1) is 0 Å². The molecule has 1 saturated heterocycles. The fraction of sp³-hybridized carbons (Fsp3) is 0.360. The van der Waals surface area contributed by atoms with Crippen LogP contribution < -0.4 is 21.3 Å². The maximum Gasteiger partial charge on any atom is 0.255 e. The monoisotopic (exact) mass is 446 g/mol. The first-order valence-corrected chi connectivity index (χ1v) is 11.6. The van der Waals surface area contributed by atoms with Crippen molar-refractivity contribution >= 4 is 23.1 Å². The lowest BCUT2D eigenvalue weighted by molar-refractivity contribution is 0.0916. The number of fused-ring (bicyclic) bond motifs is 3. The lowest BCUT2D eigenvalue weighted by Crippen LogP contribution is -2.54. The first-order valence-electron chi connectivity index (χ1n) is 11.6. The van der Waals surface area contributed by atoms with Gasteiger partial charge in [0.25, 0.3) is 5.91 Å². The molecule has 7 nitrogen and oxygen atoms in total. The number of hydrogen-bond acceptors (Lipinski definition) is 5. The number of carbonyl (C=O) groups excluding carboxylic acids is 1. The molecule has 0 bridgehead atoms. The van der Waals surface area contributed by atoms with Gasteiger partial charge in [0.15, 0.2) is 0 Å². The van der Waals surface area contributed by atoms with E-state index >= 15 is 0 Å². The Morgan fingerprint density at radius 2 is 2.06 bits per heavy atom. The number of halogens is 1. The molecule has 1 spiro atoms. The van der Waals surface area contributed by atoms with Gasteiger partial charge in [0.05, 0.1) is 16.9 Å². The number of nitrogens with zero attached hydrogens (tertiary/aromatic N) is 1. The molecule has 6 rings (SSSR count). The Bertz CT molecular complexity index is 1260. The summed E-state index contributed by atoms with van der Waals surface area (Å²) in [6.07, 6.45) is 4.69. The first-order chi connectivity index (χ1) is 16.1. The van der Waals surface area contributed by atoms with Crippen molar-refractivity contribution in [1.82, 2.24) is 20.6 Å². The molecule has 5 N–H and O–H groups in total. The number of carbonyl (C=O) groups is 1. The van der Waals surface area contributed by atoms with Crippen LogP contribution in [0.3, 0.4) is 0 Å². The van der Waals surface area contributed by atoms with E-state index in [1.165, 1.54) is 6.07 Å². The highest BCUT2D eigenvalue weighted by molar-refractivity contribution is 6.07. The van der Waals surface area contributed by atoms with Gasteiger partial charge in [-0.05, 0) is 50.9 Å². The molecule has 5 heterocycles. The average Bonchev–Trinajstić information content (AvgIpc) is 3.46. The van der Waals surface area contributed by atoms with Gasteiger partial charge in [0.2, 0.25) is 0 Å². The predicted octanol–water partition coefficient (Wildman–Crippen LogP) is 3.60. The van der Waals surface area contributed by atoms with Crippen molar-refractivity contribution in [3.63, 3.8) is 0 Å². The summed E-state index contributed by atoms with van der Waals surface area (Å²) in [4.78, 5) is 21.4. The largest absolute Gasteiger partial charge is 0.369 e. The zero-order valence-electron chi connectivity index (χ0n) is 18.6. The molecule has 3 aliphatic rings. The standard InChI is InChI=1S/C25H27FN6O/c1-14-17(26)4-2-5-18(14)31-21-19-22(25(13-30-24(19)33)8-3-9-27-12-25)32-20(21)15-6-10-28-23-16(15)7-11-29-23/h2,4-6,10,27,31-32H,3,7-9,11-13H2,1H3,(H,28,29)(H,30,33)/t25-/m0/s1. The molecule has 0 aliphatic carbocycles. The zero-order chi connectivity index (χ0) is 22.6. The Kier molecular flexibility index (Phi) is 4.65. The Hall–Kier alpha value is -3.39. The van der Waals surface area contributed by atoms with Crippen LogP contribution in [-0.4, -0.2) is 42.1 Å². The number of H-pyrrole nitrogens is 1. The lowest BCUT2D eigenvalue weighted by atomic mass is 9.74. The molecule has 0 radical (unpaired) electrons. The molecule has 1 fully saturated rings. The van der Waals surface area contributed by atoms with E-state index in [1.54, 1.807) is 19.2 Å². The summed E-state index contributed by atoms with van der Waals surface area (Å²) < 4.78 is 14.4. The Morgan fingerprint density at radius 3 is 2.91 bits per heavy atom. The van der Waals surface area contributed by atoms with Crippen LogP contribution in [0.4, 0.5) is 21.6 Å². The Balaban J connectivity index is 1.59. The highest BCUT2D eigenvalue weighted by Crippen LogP contribution is 2.45. The molecule has 1 amide bonds. The van der Waals surface area contributed by atoms with Crippen LogP contribution in [0.15, 0.2) is 30.5 Å². The predicted molar refractivity (Wildman–Crippen MR) is 127 cm³/mol. The molecule has 1 aromatic carbocycles. The molecule has 3 aliphatic heterocycles. The minimum Gasteiger partial charge on any atom is -0.369 e. The van der Waals surface area contributed by atoms with E-state index < -0.39 is 0 Å². The number of amides is 1. The van der Waals surface area contributed by atoms with E-state index in [0.29, 0.717) is 29.0 Å². The number of rotatable bonds is 3. The van der Waals surface area contributed by atoms with Crippen LogP contribution >= 0.6 is 0 Å². The number of aromatic nitrogens is 2. The van der Waals surface area contributed by atoms with Crippen molar-refractivity contribution in [2.45, 2.75) is 31.6 Å². The second kappa shape index (κ2) is 7.59. The molecule has 2 aromatic heterocycles. The van der Waals surface area contributed by atoms with E-state index in [2.05, 4.69) is 31.2 Å². The number of pyridine rings is 1. The van der Waals surface area contributed by atoms with Crippen LogP contribution in [0.25, 0.3) is 11.3 Å². The molecule has 0 unspecified atom stereocenters. The number of piperidine rings is 1. The number of nitrogens with one attached hydrogen (secondary N) is 5. The maximum absolute atomic E-state index is 14.4. The van der Waals surface area contributed by atoms with E-state index in [1.807, 2.05) is 12.1 Å². The average molecular weight is 447 g/mol. The van der Waals surface area contributed by atoms with Gasteiger partial charge >= 0.3 is 0 Å². The molecule has 3 aromatic rings. The third kappa shape index (κ3) is 3.12. The van der Waals surface area contributed by atoms with Gasteiger partial charge in [0, 0.05) is 59.3 Å². The topological polar surface area (TPSA) is 93.9 Å². The summed E-state index contributed by atoms with van der Waals surface area (Å²) in [6.45, 7) is 4.96. The minimum atomic E-state index is -0.280. The highest BCUT2D eigenvalue weighted by atomic mass is 19.1. The molecule has 8 heteroatoms. The number of hydrogen-bond donors (Lipinski definition) is 5. The van der Waals surface area contributed by atoms with Gasteiger partial charge in [-0.25, -0.2) is 9.37 Å². The van der Waals surface area contributed by atoms with Crippen molar-refractivity contribution in [1.29, 1.82) is 0 Å². The second-order valence-electron chi connectivity index (χ2n) is 9.27. The lowest BCUT2D eigenvalue weighted by Gasteiger charge is -2.40. The van der Waals surface area contributed by atoms with Crippen LogP contribution in [0.1, 0.15) is 40.0 Å². The van der Waals surface area contributed by atoms with Gasteiger partial charge in [-0.2, -0.15) is 0 Å². The van der Waals surface area contributed by atoms with Crippen molar-refractivity contribution in [2.24, 2.45) is 0 Å². The Morgan fingerprint density at radius 1 is 1.15 bits per heavy atom. The van der Waals surface area contributed by atoms with Crippen LogP contribution in [0.5, 0.6) is 0 Å².